The van der Waals surface area contributed by atoms with Crippen LogP contribution in [-0.4, -0.2) is 35.9 Å². The molecule has 0 aliphatic heterocycles. The summed E-state index contributed by atoms with van der Waals surface area (Å²) < 4.78 is 0. The van der Waals surface area contributed by atoms with E-state index in [1.165, 1.54) is 0 Å². The Morgan fingerprint density at radius 2 is 2.11 bits per heavy atom. The van der Waals surface area contributed by atoms with Crippen molar-refractivity contribution >= 4 is 29.0 Å². The monoisotopic (exact) mass is 267 g/mol. The molecule has 100 valence electrons. The number of rotatable bonds is 5. The normalized spacial score (nSPS) is 12.2. The number of benzene rings is 1. The number of nitrogens with zero attached hydrogens (tertiary/aromatic N) is 1. The molecule has 0 aliphatic carbocycles. The van der Waals surface area contributed by atoms with E-state index in [1.807, 2.05) is 14.0 Å². The van der Waals surface area contributed by atoms with Crippen molar-refractivity contribution < 1.29 is 4.79 Å². The molecule has 1 aromatic rings. The zero-order valence-electron chi connectivity index (χ0n) is 11.1. The molecule has 0 bridgehead atoms. The van der Waals surface area contributed by atoms with Gasteiger partial charge in [0.05, 0.1) is 5.56 Å². The highest BCUT2D eigenvalue weighted by molar-refractivity contribution is 7.98. The lowest BCUT2D eigenvalue weighted by molar-refractivity contribution is 0.0742. The van der Waals surface area contributed by atoms with Crippen LogP contribution in [0.25, 0.3) is 0 Å². The molecule has 1 unspecified atom stereocenters. The van der Waals surface area contributed by atoms with Crippen LogP contribution < -0.4 is 11.5 Å². The number of amides is 1. The van der Waals surface area contributed by atoms with Gasteiger partial charge in [0, 0.05) is 24.5 Å². The second-order valence-electron chi connectivity index (χ2n) is 4.39. The van der Waals surface area contributed by atoms with Gasteiger partial charge in [-0.2, -0.15) is 11.8 Å². The fourth-order valence-electron chi connectivity index (χ4n) is 1.65. The number of carbonyl (C=O) groups is 1. The Morgan fingerprint density at radius 1 is 1.44 bits per heavy atom. The van der Waals surface area contributed by atoms with Gasteiger partial charge in [-0.3, -0.25) is 4.79 Å². The lowest BCUT2D eigenvalue weighted by atomic mass is 10.1. The van der Waals surface area contributed by atoms with Gasteiger partial charge < -0.3 is 16.4 Å². The van der Waals surface area contributed by atoms with Crippen LogP contribution in [0.15, 0.2) is 18.2 Å². The number of anilines is 2. The number of nitrogens with two attached hydrogens (primary N) is 2. The molecule has 18 heavy (non-hydrogen) atoms. The first-order valence-corrected chi connectivity index (χ1v) is 7.27. The number of nitrogen functional groups attached to an aromatic ring is 2. The van der Waals surface area contributed by atoms with E-state index in [2.05, 4.69) is 6.26 Å². The fraction of sp³-hybridized carbons (Fsp3) is 0.462. The molecule has 0 saturated heterocycles. The van der Waals surface area contributed by atoms with Gasteiger partial charge in [-0.25, -0.2) is 0 Å². The van der Waals surface area contributed by atoms with Gasteiger partial charge in [0.1, 0.15) is 0 Å². The van der Waals surface area contributed by atoms with Crippen molar-refractivity contribution in [2.24, 2.45) is 0 Å². The van der Waals surface area contributed by atoms with Crippen LogP contribution in [0.4, 0.5) is 11.4 Å². The molecule has 1 aromatic carbocycles. The Kier molecular flexibility index (Phi) is 5.34. The Labute approximate surface area is 113 Å². The molecule has 0 spiro atoms. The molecule has 0 heterocycles. The van der Waals surface area contributed by atoms with Gasteiger partial charge >= 0.3 is 0 Å². The number of hydrogen-bond donors (Lipinski definition) is 2. The molecule has 0 saturated carbocycles. The van der Waals surface area contributed by atoms with Crippen LogP contribution in [0.1, 0.15) is 23.7 Å². The van der Waals surface area contributed by atoms with Crippen LogP contribution in [-0.2, 0) is 0 Å². The second-order valence-corrected chi connectivity index (χ2v) is 5.38. The first-order chi connectivity index (χ1) is 8.47. The van der Waals surface area contributed by atoms with E-state index in [-0.39, 0.29) is 11.9 Å². The first kappa shape index (κ1) is 14.7. The van der Waals surface area contributed by atoms with Gasteiger partial charge in [-0.05, 0) is 43.6 Å². The average Bonchev–Trinajstić information content (AvgIpc) is 2.34. The summed E-state index contributed by atoms with van der Waals surface area (Å²) in [5.41, 5.74) is 13.0. The molecular weight excluding hydrogens is 246 g/mol. The van der Waals surface area contributed by atoms with Crippen LogP contribution in [0.3, 0.4) is 0 Å². The predicted octanol–water partition coefficient (Wildman–Crippen LogP) is 2.06. The van der Waals surface area contributed by atoms with E-state index >= 15 is 0 Å². The summed E-state index contributed by atoms with van der Waals surface area (Å²) >= 11 is 1.78. The van der Waals surface area contributed by atoms with E-state index in [4.69, 9.17) is 11.5 Å². The molecule has 1 amide bonds. The van der Waals surface area contributed by atoms with Gasteiger partial charge in [-0.1, -0.05) is 0 Å². The van der Waals surface area contributed by atoms with Crippen LogP contribution in [0.2, 0.25) is 0 Å². The van der Waals surface area contributed by atoms with Crippen LogP contribution >= 0.6 is 11.8 Å². The molecule has 4 N–H and O–H groups in total. The first-order valence-electron chi connectivity index (χ1n) is 5.88. The number of thioether (sulfide) groups is 1. The maximum absolute atomic E-state index is 12.3. The Bertz CT molecular complexity index is 423. The number of hydrogen-bond acceptors (Lipinski definition) is 4. The highest BCUT2D eigenvalue weighted by Crippen LogP contribution is 2.19. The van der Waals surface area contributed by atoms with Gasteiger partial charge in [-0.15, -0.1) is 0 Å². The minimum atomic E-state index is -0.0545. The highest BCUT2D eigenvalue weighted by atomic mass is 32.2. The van der Waals surface area contributed by atoms with Crippen molar-refractivity contribution in [2.75, 3.05) is 30.5 Å². The summed E-state index contributed by atoms with van der Waals surface area (Å²) in [6.07, 6.45) is 3.03. The summed E-state index contributed by atoms with van der Waals surface area (Å²) in [7, 11) is 1.81. The molecule has 0 fully saturated rings. The van der Waals surface area contributed by atoms with Gasteiger partial charge in [0.25, 0.3) is 5.91 Å². The van der Waals surface area contributed by atoms with Gasteiger partial charge in [0.2, 0.25) is 0 Å². The number of carbonyl (C=O) groups excluding carboxylic acids is 1. The van der Waals surface area contributed by atoms with Crippen molar-refractivity contribution in [1.82, 2.24) is 4.90 Å². The maximum Gasteiger partial charge on any atom is 0.255 e. The molecule has 5 heteroatoms. The van der Waals surface area contributed by atoms with E-state index in [1.54, 1.807) is 34.9 Å². The van der Waals surface area contributed by atoms with E-state index in [9.17, 15) is 4.79 Å². The summed E-state index contributed by atoms with van der Waals surface area (Å²) in [4.78, 5) is 14.0. The predicted molar refractivity (Wildman–Crippen MR) is 79.8 cm³/mol. The van der Waals surface area contributed by atoms with E-state index in [0.717, 1.165) is 12.2 Å². The van der Waals surface area contributed by atoms with Crippen LogP contribution in [0, 0.1) is 0 Å². The SMILES string of the molecule is CSCCC(C)N(C)C(=O)c1ccc(N)cc1N. The summed E-state index contributed by atoms with van der Waals surface area (Å²) in [6.45, 7) is 2.04. The lowest BCUT2D eigenvalue weighted by Crippen LogP contribution is -2.35. The molecular formula is C13H21N3OS. The van der Waals surface area contributed by atoms with E-state index < -0.39 is 0 Å². The zero-order chi connectivity index (χ0) is 13.7. The highest BCUT2D eigenvalue weighted by Gasteiger charge is 2.19. The summed E-state index contributed by atoms with van der Waals surface area (Å²) in [5, 5.41) is 0. The minimum Gasteiger partial charge on any atom is -0.399 e. The quantitative estimate of drug-likeness (QED) is 0.801. The molecule has 0 radical (unpaired) electrons. The largest absolute Gasteiger partial charge is 0.399 e. The van der Waals surface area contributed by atoms with Crippen molar-refractivity contribution in [2.45, 2.75) is 19.4 Å². The zero-order valence-corrected chi connectivity index (χ0v) is 12.0. The Hall–Kier alpha value is -1.36. The third-order valence-corrected chi connectivity index (χ3v) is 3.67. The third kappa shape index (κ3) is 3.57. The van der Waals surface area contributed by atoms with E-state index in [0.29, 0.717) is 16.9 Å². The topological polar surface area (TPSA) is 72.3 Å². The lowest BCUT2D eigenvalue weighted by Gasteiger charge is -2.25. The second kappa shape index (κ2) is 6.54. The molecule has 1 atom stereocenters. The smallest absolute Gasteiger partial charge is 0.255 e. The van der Waals surface area contributed by atoms with Crippen molar-refractivity contribution in [3.05, 3.63) is 23.8 Å². The van der Waals surface area contributed by atoms with Gasteiger partial charge in [0.15, 0.2) is 0 Å². The summed E-state index contributed by atoms with van der Waals surface area (Å²) in [6, 6.07) is 5.20. The molecule has 4 nitrogen and oxygen atoms in total. The van der Waals surface area contributed by atoms with Crippen LogP contribution in [0.5, 0.6) is 0 Å². The third-order valence-electron chi connectivity index (χ3n) is 3.03. The molecule has 1 rings (SSSR count). The van der Waals surface area contributed by atoms with Crippen molar-refractivity contribution in [3.63, 3.8) is 0 Å². The van der Waals surface area contributed by atoms with Crippen molar-refractivity contribution in [3.8, 4) is 0 Å². The Morgan fingerprint density at radius 3 is 2.67 bits per heavy atom. The molecule has 0 aliphatic rings. The Balaban J connectivity index is 2.79. The average molecular weight is 267 g/mol. The standard InChI is InChI=1S/C13H21N3OS/c1-9(6-7-18-3)16(2)13(17)11-5-4-10(14)8-12(11)15/h4-5,8-9H,6-7,14-15H2,1-3H3. The minimum absolute atomic E-state index is 0.0545. The fourth-order valence-corrected chi connectivity index (χ4v) is 2.22. The maximum atomic E-state index is 12.3. The molecule has 0 aromatic heterocycles. The summed E-state index contributed by atoms with van der Waals surface area (Å²) in [5.74, 6) is 0.983. The van der Waals surface area contributed by atoms with Crippen molar-refractivity contribution in [1.29, 1.82) is 0 Å².